The fourth-order valence-corrected chi connectivity index (χ4v) is 5.77. The molecule has 4 aromatic rings. The largest absolute Gasteiger partial charge is 0.493 e. The third-order valence-corrected chi connectivity index (χ3v) is 7.30. The summed E-state index contributed by atoms with van der Waals surface area (Å²) in [6.45, 7) is 7.31. The third-order valence-electron chi connectivity index (χ3n) is 5.56. The van der Waals surface area contributed by atoms with E-state index >= 15 is 8.78 Å². The van der Waals surface area contributed by atoms with Crippen molar-refractivity contribution >= 4 is 55.2 Å². The van der Waals surface area contributed by atoms with Gasteiger partial charge in [-0.25, -0.2) is 18.6 Å². The van der Waals surface area contributed by atoms with Gasteiger partial charge in [-0.1, -0.05) is 18.7 Å². The van der Waals surface area contributed by atoms with Crippen molar-refractivity contribution in [2.75, 3.05) is 11.1 Å². The summed E-state index contributed by atoms with van der Waals surface area (Å²) < 4.78 is 43.2. The van der Waals surface area contributed by atoms with Gasteiger partial charge in [-0.15, -0.1) is 11.3 Å². The predicted octanol–water partition coefficient (Wildman–Crippen LogP) is 6.98. The minimum atomic E-state index is -0.760. The van der Waals surface area contributed by atoms with Crippen molar-refractivity contribution in [1.29, 1.82) is 0 Å². The first-order valence-corrected chi connectivity index (χ1v) is 13.0. The maximum Gasteiger partial charge on any atom is 0.412 e. The van der Waals surface area contributed by atoms with Crippen LogP contribution in [-0.4, -0.2) is 32.5 Å². The molecule has 11 heteroatoms. The lowest BCUT2D eigenvalue weighted by atomic mass is 9.91. The smallest absolute Gasteiger partial charge is 0.412 e. The molecule has 0 spiro atoms. The van der Waals surface area contributed by atoms with E-state index in [4.69, 9.17) is 9.47 Å². The van der Waals surface area contributed by atoms with E-state index in [1.165, 1.54) is 29.2 Å². The number of halogens is 2. The van der Waals surface area contributed by atoms with Gasteiger partial charge in [0.25, 0.3) is 0 Å². The zero-order valence-electron chi connectivity index (χ0n) is 20.0. The number of benzene rings is 2. The number of hydrogen-bond donors (Lipinski definition) is 2. The van der Waals surface area contributed by atoms with E-state index in [1.54, 1.807) is 32.9 Å². The van der Waals surface area contributed by atoms with E-state index in [-0.39, 0.29) is 46.3 Å². The van der Waals surface area contributed by atoms with Crippen LogP contribution in [0.2, 0.25) is 0 Å². The second-order valence-electron chi connectivity index (χ2n) is 9.20. The molecule has 2 aromatic carbocycles. The first-order valence-electron chi connectivity index (χ1n) is 11.2. The molecule has 0 saturated carbocycles. The maximum atomic E-state index is 16.2. The summed E-state index contributed by atoms with van der Waals surface area (Å²) in [7, 11) is 0. The van der Waals surface area contributed by atoms with Crippen LogP contribution in [0, 0.1) is 11.6 Å². The Morgan fingerprint density at radius 3 is 2.69 bits per heavy atom. The summed E-state index contributed by atoms with van der Waals surface area (Å²) in [6, 6.07) is 4.45. The lowest BCUT2D eigenvalue weighted by Gasteiger charge is -2.19. The Labute approximate surface area is 213 Å². The number of thiophene rings is 1. The second kappa shape index (κ2) is 9.13. The Bertz CT molecular complexity index is 1530. The van der Waals surface area contributed by atoms with Crippen molar-refractivity contribution in [3.05, 3.63) is 41.0 Å². The number of anilines is 1. The minimum absolute atomic E-state index is 0.0327. The molecule has 0 radical (unpaired) electrons. The van der Waals surface area contributed by atoms with E-state index in [2.05, 4.69) is 15.3 Å². The zero-order chi connectivity index (χ0) is 25.8. The Morgan fingerprint density at radius 1 is 1.22 bits per heavy atom. The summed E-state index contributed by atoms with van der Waals surface area (Å²) >= 11 is 2.48. The summed E-state index contributed by atoms with van der Waals surface area (Å²) in [5, 5.41) is 14.5. The van der Waals surface area contributed by atoms with Gasteiger partial charge in [-0.2, -0.15) is 4.98 Å². The Hall–Kier alpha value is -3.02. The third kappa shape index (κ3) is 4.35. The lowest BCUT2D eigenvalue weighted by Crippen LogP contribution is -2.26. The molecule has 0 unspecified atom stereocenters. The van der Waals surface area contributed by atoms with Crippen LogP contribution in [-0.2, 0) is 22.7 Å². The number of hydrogen-bond acceptors (Lipinski definition) is 8. The lowest BCUT2D eigenvalue weighted by molar-refractivity contribution is 0.0636. The van der Waals surface area contributed by atoms with Gasteiger partial charge in [0.2, 0.25) is 5.88 Å². The standard InChI is InChI=1S/C25H23F2N3O4S2/c1-5-35-23-29-21-19(22(31)30-23)13-10-33-9-12(13)18(20(21)27)17-11-8-16(28-24(32)34-25(2,3)4)36-15(11)7-6-14(17)26/h6-8H,5,9-10H2,1-4H3,(H,28,32)(H,29,30,31). The summed E-state index contributed by atoms with van der Waals surface area (Å²) in [4.78, 5) is 20.7. The first kappa shape index (κ1) is 24.7. The number of amides is 1. The number of nitrogens with one attached hydrogen (secondary N) is 1. The van der Waals surface area contributed by atoms with Crippen molar-refractivity contribution in [1.82, 2.24) is 9.97 Å². The van der Waals surface area contributed by atoms with Gasteiger partial charge in [0, 0.05) is 21.2 Å². The molecule has 0 aliphatic carbocycles. The normalized spacial score (nSPS) is 13.4. The first-order chi connectivity index (χ1) is 17.1. The molecule has 0 saturated heterocycles. The van der Waals surface area contributed by atoms with Gasteiger partial charge in [0.05, 0.1) is 23.6 Å². The second-order valence-corrected chi connectivity index (χ2v) is 11.5. The SMILES string of the molecule is CCSc1nc(O)c2c3c(c(-c4c(F)ccc5sc(NC(=O)OC(C)(C)C)cc45)c(F)c2n1)COC3. The average Bonchev–Trinajstić information content (AvgIpc) is 3.40. The average molecular weight is 532 g/mol. The van der Waals surface area contributed by atoms with E-state index in [0.29, 0.717) is 32.0 Å². The van der Waals surface area contributed by atoms with E-state index in [1.807, 2.05) is 6.92 Å². The van der Waals surface area contributed by atoms with Crippen LogP contribution in [0.15, 0.2) is 23.4 Å². The van der Waals surface area contributed by atoms with Crippen LogP contribution >= 0.6 is 23.1 Å². The molecule has 7 nitrogen and oxygen atoms in total. The molecule has 1 aliphatic rings. The molecular formula is C25H23F2N3O4S2. The van der Waals surface area contributed by atoms with Gasteiger partial charge in [0.1, 0.15) is 16.9 Å². The van der Waals surface area contributed by atoms with Crippen molar-refractivity contribution in [3.8, 4) is 17.0 Å². The van der Waals surface area contributed by atoms with Crippen LogP contribution in [0.25, 0.3) is 32.1 Å². The molecule has 0 atom stereocenters. The number of aromatic hydroxyl groups is 1. The Kier molecular flexibility index (Phi) is 6.26. The molecule has 3 heterocycles. The van der Waals surface area contributed by atoms with E-state index in [0.717, 1.165) is 0 Å². The number of carbonyl (C=O) groups is 1. The number of thioether (sulfide) groups is 1. The molecule has 36 heavy (non-hydrogen) atoms. The van der Waals surface area contributed by atoms with Crippen LogP contribution in [0.3, 0.4) is 0 Å². The van der Waals surface area contributed by atoms with Crippen LogP contribution < -0.4 is 5.32 Å². The maximum absolute atomic E-state index is 16.2. The molecule has 1 aliphatic heterocycles. The Morgan fingerprint density at radius 2 is 1.97 bits per heavy atom. The van der Waals surface area contributed by atoms with E-state index in [9.17, 15) is 9.90 Å². The summed E-state index contributed by atoms with van der Waals surface area (Å²) in [6.07, 6.45) is -0.643. The van der Waals surface area contributed by atoms with Crippen molar-refractivity contribution in [2.45, 2.75) is 51.7 Å². The van der Waals surface area contributed by atoms with Crippen LogP contribution in [0.5, 0.6) is 5.88 Å². The molecule has 1 amide bonds. The highest BCUT2D eigenvalue weighted by Crippen LogP contribution is 2.46. The molecule has 2 aromatic heterocycles. The number of nitrogens with zero attached hydrogens (tertiary/aromatic N) is 2. The zero-order valence-corrected chi connectivity index (χ0v) is 21.6. The number of fused-ring (bicyclic) bond motifs is 4. The number of aromatic nitrogens is 2. The van der Waals surface area contributed by atoms with E-state index < -0.39 is 23.3 Å². The number of rotatable bonds is 4. The fourth-order valence-electron chi connectivity index (χ4n) is 4.25. The highest BCUT2D eigenvalue weighted by molar-refractivity contribution is 7.99. The number of ether oxygens (including phenoxy) is 2. The molecule has 5 rings (SSSR count). The Balaban J connectivity index is 1.72. The topological polar surface area (TPSA) is 93.6 Å². The quantitative estimate of drug-likeness (QED) is 0.217. The van der Waals surface area contributed by atoms with Gasteiger partial charge < -0.3 is 14.6 Å². The molecular weight excluding hydrogens is 508 g/mol. The van der Waals surface area contributed by atoms with Gasteiger partial charge >= 0.3 is 6.09 Å². The fraction of sp³-hybridized carbons (Fsp3) is 0.320. The van der Waals surface area contributed by atoms with Crippen LogP contribution in [0.1, 0.15) is 38.8 Å². The van der Waals surface area contributed by atoms with Gasteiger partial charge in [-0.05, 0) is 55.9 Å². The predicted molar refractivity (Wildman–Crippen MR) is 137 cm³/mol. The molecule has 0 bridgehead atoms. The minimum Gasteiger partial charge on any atom is -0.493 e. The monoisotopic (exact) mass is 531 g/mol. The van der Waals surface area contributed by atoms with Gasteiger partial charge in [-0.3, -0.25) is 5.32 Å². The molecule has 188 valence electrons. The summed E-state index contributed by atoms with van der Waals surface area (Å²) in [5.74, 6) is -1.09. The summed E-state index contributed by atoms with van der Waals surface area (Å²) in [5.41, 5.74) is 0.279. The van der Waals surface area contributed by atoms with Crippen molar-refractivity contribution in [3.63, 3.8) is 0 Å². The van der Waals surface area contributed by atoms with Gasteiger partial charge in [0.15, 0.2) is 11.0 Å². The van der Waals surface area contributed by atoms with Crippen molar-refractivity contribution in [2.24, 2.45) is 0 Å². The number of carbonyl (C=O) groups excluding carboxylic acids is 1. The molecule has 2 N–H and O–H groups in total. The van der Waals surface area contributed by atoms with Crippen LogP contribution in [0.4, 0.5) is 18.6 Å². The molecule has 0 fully saturated rings. The van der Waals surface area contributed by atoms with Crippen molar-refractivity contribution < 1.29 is 28.2 Å². The highest BCUT2D eigenvalue weighted by atomic mass is 32.2. The highest BCUT2D eigenvalue weighted by Gasteiger charge is 2.30.